The molecule has 0 aliphatic carbocycles. The third-order valence-electron chi connectivity index (χ3n) is 3.17. The van der Waals surface area contributed by atoms with E-state index in [1.54, 1.807) is 18.3 Å². The minimum absolute atomic E-state index is 0.0808. The van der Waals surface area contributed by atoms with E-state index < -0.39 is 11.5 Å². The molecule has 3 rings (SSSR count). The summed E-state index contributed by atoms with van der Waals surface area (Å²) in [6, 6.07) is 5.99. The molecule has 114 valence electrons. The summed E-state index contributed by atoms with van der Waals surface area (Å²) in [6.45, 7) is 0.112. The molecule has 2 heterocycles. The molecule has 0 spiro atoms. The lowest BCUT2D eigenvalue weighted by Crippen LogP contribution is -2.24. The van der Waals surface area contributed by atoms with Gasteiger partial charge in [-0.3, -0.25) is 9.55 Å². The van der Waals surface area contributed by atoms with Crippen molar-refractivity contribution in [2.45, 2.75) is 0 Å². The summed E-state index contributed by atoms with van der Waals surface area (Å²) in [5, 5.41) is 3.06. The van der Waals surface area contributed by atoms with E-state index in [-0.39, 0.29) is 28.3 Å². The van der Waals surface area contributed by atoms with Gasteiger partial charge >= 0.3 is 5.69 Å². The van der Waals surface area contributed by atoms with Crippen LogP contribution in [0.3, 0.4) is 0 Å². The van der Waals surface area contributed by atoms with Crippen LogP contribution in [0.4, 0.5) is 10.2 Å². The van der Waals surface area contributed by atoms with Gasteiger partial charge in [0.2, 0.25) is 0 Å². The molecule has 0 saturated heterocycles. The molecule has 0 aliphatic heterocycles. The number of hydrogen-bond donors (Lipinski definition) is 1. The number of pyridine rings is 1. The van der Waals surface area contributed by atoms with Gasteiger partial charge in [-0.05, 0) is 24.3 Å². The topological polar surface area (TPSA) is 59.8 Å². The van der Waals surface area contributed by atoms with E-state index in [9.17, 15) is 9.18 Å². The molecule has 0 amide bonds. The number of benzene rings is 1. The lowest BCUT2D eigenvalue weighted by molar-refractivity contribution is 0.638. The smallest absolute Gasteiger partial charge is 0.354 e. The monoisotopic (exact) mass is 328 g/mol. The number of aromatic nitrogens is 3. The third kappa shape index (κ3) is 2.74. The van der Waals surface area contributed by atoms with Crippen LogP contribution in [0.5, 0.6) is 0 Å². The zero-order chi connectivity index (χ0) is 16.4. The molecule has 0 saturated carbocycles. The molecule has 0 radical (unpaired) electrons. The number of fused-ring (bicyclic) bond motifs is 1. The van der Waals surface area contributed by atoms with E-state index in [1.165, 1.54) is 16.8 Å². The van der Waals surface area contributed by atoms with Crippen molar-refractivity contribution in [2.24, 2.45) is 0 Å². The second-order valence-electron chi connectivity index (χ2n) is 4.63. The Morgan fingerprint density at radius 2 is 2.26 bits per heavy atom. The fraction of sp³-hybridized carbons (Fsp3) is 0.0625. The average molecular weight is 329 g/mol. The van der Waals surface area contributed by atoms with Gasteiger partial charge in [-0.1, -0.05) is 17.5 Å². The number of terminal acetylenes is 1. The normalized spacial score (nSPS) is 10.5. The second kappa shape index (κ2) is 6.07. The number of halogens is 2. The predicted octanol–water partition coefficient (Wildman–Crippen LogP) is 2.62. The molecule has 23 heavy (non-hydrogen) atoms. The maximum absolute atomic E-state index is 14.4. The summed E-state index contributed by atoms with van der Waals surface area (Å²) in [4.78, 5) is 20.3. The molecule has 0 atom stereocenters. The van der Waals surface area contributed by atoms with Gasteiger partial charge in [-0.25, -0.2) is 9.18 Å². The summed E-state index contributed by atoms with van der Waals surface area (Å²) in [7, 11) is 0. The SMILES string of the molecule is C#CCNc1nc(=O)n(-c2cccnc2)c2cc(Cl)cc(F)c12. The summed E-state index contributed by atoms with van der Waals surface area (Å²) in [5.74, 6) is 1.84. The quantitative estimate of drug-likeness (QED) is 0.751. The average Bonchev–Trinajstić information content (AvgIpc) is 2.52. The van der Waals surface area contributed by atoms with E-state index in [2.05, 4.69) is 21.2 Å². The highest BCUT2D eigenvalue weighted by molar-refractivity contribution is 6.31. The molecule has 7 heteroatoms. The van der Waals surface area contributed by atoms with Gasteiger partial charge in [0, 0.05) is 11.2 Å². The van der Waals surface area contributed by atoms with E-state index in [0.717, 1.165) is 6.07 Å². The molecular weight excluding hydrogens is 319 g/mol. The van der Waals surface area contributed by atoms with Crippen LogP contribution in [0.15, 0.2) is 41.5 Å². The molecule has 0 fully saturated rings. The molecule has 0 unspecified atom stereocenters. The largest absolute Gasteiger partial charge is 0.358 e. The number of nitrogens with one attached hydrogen (secondary N) is 1. The number of anilines is 1. The summed E-state index contributed by atoms with van der Waals surface area (Å²) in [6.07, 6.45) is 8.25. The standard InChI is InChI=1S/C16H10ClFN4O/c1-2-5-20-15-14-12(18)7-10(17)8-13(14)22(16(23)21-15)11-4-3-6-19-9-11/h1,3-4,6-9H,5H2,(H,20,21,23). The van der Waals surface area contributed by atoms with Crippen LogP contribution in [0, 0.1) is 18.2 Å². The Labute approximate surface area is 135 Å². The molecule has 1 N–H and O–H groups in total. The molecule has 0 aliphatic rings. The van der Waals surface area contributed by atoms with Crippen molar-refractivity contribution in [1.82, 2.24) is 14.5 Å². The first-order chi connectivity index (χ1) is 11.1. The van der Waals surface area contributed by atoms with E-state index in [4.69, 9.17) is 18.0 Å². The molecule has 3 aromatic rings. The van der Waals surface area contributed by atoms with Crippen molar-refractivity contribution in [3.05, 3.63) is 58.0 Å². The van der Waals surface area contributed by atoms with Gasteiger partial charge in [0.1, 0.15) is 11.6 Å². The highest BCUT2D eigenvalue weighted by Crippen LogP contribution is 2.28. The fourth-order valence-electron chi connectivity index (χ4n) is 2.27. The Bertz CT molecular complexity index is 979. The van der Waals surface area contributed by atoms with Crippen molar-refractivity contribution >= 4 is 28.3 Å². The Balaban J connectivity index is 2.41. The first kappa shape index (κ1) is 15.0. The van der Waals surface area contributed by atoms with Crippen LogP contribution in [0.2, 0.25) is 5.02 Å². The molecular formula is C16H10ClFN4O. The lowest BCUT2D eigenvalue weighted by Gasteiger charge is -2.13. The fourth-order valence-corrected chi connectivity index (χ4v) is 2.47. The van der Waals surface area contributed by atoms with Gasteiger partial charge in [-0.15, -0.1) is 6.42 Å². The Hall–Kier alpha value is -2.91. The first-order valence-corrected chi connectivity index (χ1v) is 6.99. The molecule has 0 bridgehead atoms. The zero-order valence-electron chi connectivity index (χ0n) is 11.8. The zero-order valence-corrected chi connectivity index (χ0v) is 12.5. The van der Waals surface area contributed by atoms with E-state index >= 15 is 0 Å². The second-order valence-corrected chi connectivity index (χ2v) is 5.07. The van der Waals surface area contributed by atoms with Crippen LogP contribution in [0.25, 0.3) is 16.6 Å². The lowest BCUT2D eigenvalue weighted by atomic mass is 10.2. The minimum atomic E-state index is -0.600. The van der Waals surface area contributed by atoms with Crippen molar-refractivity contribution in [3.63, 3.8) is 0 Å². The van der Waals surface area contributed by atoms with Crippen LogP contribution < -0.4 is 11.0 Å². The van der Waals surface area contributed by atoms with Crippen molar-refractivity contribution in [3.8, 4) is 18.0 Å². The summed E-state index contributed by atoms with van der Waals surface area (Å²) in [5.41, 5.74) is 0.148. The number of nitrogens with zero attached hydrogens (tertiary/aromatic N) is 3. The highest BCUT2D eigenvalue weighted by Gasteiger charge is 2.16. The number of rotatable bonds is 3. The van der Waals surface area contributed by atoms with E-state index in [1.807, 2.05) is 0 Å². The Kier molecular flexibility index (Phi) is 3.96. The maximum Gasteiger partial charge on any atom is 0.354 e. The van der Waals surface area contributed by atoms with Gasteiger partial charge in [0.05, 0.1) is 29.3 Å². The highest BCUT2D eigenvalue weighted by atomic mass is 35.5. The maximum atomic E-state index is 14.4. The first-order valence-electron chi connectivity index (χ1n) is 6.61. The van der Waals surface area contributed by atoms with Crippen LogP contribution in [-0.4, -0.2) is 21.1 Å². The third-order valence-corrected chi connectivity index (χ3v) is 3.39. The van der Waals surface area contributed by atoms with Crippen LogP contribution >= 0.6 is 11.6 Å². The molecule has 1 aromatic carbocycles. The summed E-state index contributed by atoms with van der Waals surface area (Å²) >= 11 is 5.95. The van der Waals surface area contributed by atoms with Crippen LogP contribution in [0.1, 0.15) is 0 Å². The Morgan fingerprint density at radius 1 is 1.43 bits per heavy atom. The van der Waals surface area contributed by atoms with Crippen molar-refractivity contribution in [2.75, 3.05) is 11.9 Å². The van der Waals surface area contributed by atoms with Gasteiger partial charge in [-0.2, -0.15) is 4.98 Å². The van der Waals surface area contributed by atoms with Gasteiger partial charge in [0.15, 0.2) is 0 Å². The Morgan fingerprint density at radius 3 is 2.96 bits per heavy atom. The van der Waals surface area contributed by atoms with Gasteiger partial charge in [0.25, 0.3) is 0 Å². The predicted molar refractivity (Wildman–Crippen MR) is 87.4 cm³/mol. The van der Waals surface area contributed by atoms with E-state index in [0.29, 0.717) is 5.69 Å². The van der Waals surface area contributed by atoms with Crippen LogP contribution in [-0.2, 0) is 0 Å². The molecule has 5 nitrogen and oxygen atoms in total. The summed E-state index contributed by atoms with van der Waals surface area (Å²) < 4.78 is 15.7. The molecule has 2 aromatic heterocycles. The van der Waals surface area contributed by atoms with Gasteiger partial charge < -0.3 is 5.32 Å². The minimum Gasteiger partial charge on any atom is -0.358 e. The van der Waals surface area contributed by atoms with Crippen molar-refractivity contribution in [1.29, 1.82) is 0 Å². The van der Waals surface area contributed by atoms with Crippen molar-refractivity contribution < 1.29 is 4.39 Å². The number of hydrogen-bond acceptors (Lipinski definition) is 4.